The van der Waals surface area contributed by atoms with E-state index < -0.39 is 17.8 Å². The van der Waals surface area contributed by atoms with Crippen molar-refractivity contribution in [3.05, 3.63) is 101 Å². The van der Waals surface area contributed by atoms with E-state index in [2.05, 4.69) is 5.32 Å². The molecule has 0 aliphatic carbocycles. The molecule has 4 aromatic carbocycles. The van der Waals surface area contributed by atoms with Gasteiger partial charge in [-0.2, -0.15) is 0 Å². The van der Waals surface area contributed by atoms with Gasteiger partial charge in [-0.05, 0) is 78.2 Å². The van der Waals surface area contributed by atoms with Crippen LogP contribution < -0.4 is 10.2 Å². The van der Waals surface area contributed by atoms with E-state index in [1.165, 1.54) is 18.2 Å². The Kier molecular flexibility index (Phi) is 6.32. The molecular formula is C31H22ClN3O5. The molecule has 1 aliphatic heterocycles. The second-order valence-corrected chi connectivity index (χ2v) is 9.81. The molecule has 0 saturated heterocycles. The van der Waals surface area contributed by atoms with Crippen LogP contribution in [-0.4, -0.2) is 34.4 Å². The van der Waals surface area contributed by atoms with Gasteiger partial charge < -0.3 is 14.8 Å². The molecule has 40 heavy (non-hydrogen) atoms. The summed E-state index contributed by atoms with van der Waals surface area (Å²) in [4.78, 5) is 43.7. The van der Waals surface area contributed by atoms with Crippen LogP contribution >= 0.6 is 11.6 Å². The first-order chi connectivity index (χ1) is 19.3. The molecule has 0 saturated carbocycles. The maximum atomic E-state index is 13.3. The van der Waals surface area contributed by atoms with E-state index in [4.69, 9.17) is 21.0 Å². The lowest BCUT2D eigenvalue weighted by Gasteiger charge is -2.17. The van der Waals surface area contributed by atoms with Crippen molar-refractivity contribution in [3.8, 4) is 22.6 Å². The van der Waals surface area contributed by atoms with Crippen molar-refractivity contribution < 1.29 is 23.9 Å². The lowest BCUT2D eigenvalue weighted by Crippen LogP contribution is -2.29. The van der Waals surface area contributed by atoms with E-state index in [0.717, 1.165) is 28.1 Å². The normalized spacial score (nSPS) is 12.7. The zero-order chi connectivity index (χ0) is 28.0. The summed E-state index contributed by atoms with van der Waals surface area (Å²) in [5.74, 6) is -1.96. The molecule has 1 aliphatic rings. The monoisotopic (exact) mass is 551 g/mol. The van der Waals surface area contributed by atoms with Gasteiger partial charge in [0.1, 0.15) is 5.52 Å². The molecule has 0 atom stereocenters. The summed E-state index contributed by atoms with van der Waals surface area (Å²) in [5.41, 5.74) is 4.96. The number of imide groups is 1. The van der Waals surface area contributed by atoms with Crippen LogP contribution in [0.25, 0.3) is 33.7 Å². The van der Waals surface area contributed by atoms with Gasteiger partial charge in [-0.15, -0.1) is 0 Å². The van der Waals surface area contributed by atoms with Gasteiger partial charge in [0.05, 0.1) is 27.9 Å². The molecule has 0 bridgehead atoms. The minimum absolute atomic E-state index is 0.0521. The number of aromatic nitrogens is 1. The SMILES string of the molecule is CCCNc1ccc(N2C(=O)c3ccc(C(=O)O)cc3C2=O)cc1-c1nc2cc(-c3ccc(Cl)cc3)ccc2o1. The summed E-state index contributed by atoms with van der Waals surface area (Å²) in [7, 11) is 0. The molecule has 198 valence electrons. The van der Waals surface area contributed by atoms with E-state index in [9.17, 15) is 19.5 Å². The number of nitrogens with zero attached hydrogens (tertiary/aromatic N) is 2. The van der Waals surface area contributed by atoms with Crippen molar-refractivity contribution in [3.63, 3.8) is 0 Å². The molecule has 0 unspecified atom stereocenters. The number of carbonyl (C=O) groups excluding carboxylic acids is 2. The van der Waals surface area contributed by atoms with E-state index in [1.54, 1.807) is 18.2 Å². The molecule has 1 aromatic heterocycles. The van der Waals surface area contributed by atoms with Crippen molar-refractivity contribution >= 4 is 51.9 Å². The number of rotatable bonds is 7. The van der Waals surface area contributed by atoms with Gasteiger partial charge in [0.15, 0.2) is 5.58 Å². The van der Waals surface area contributed by atoms with E-state index in [1.807, 2.05) is 49.4 Å². The fraction of sp³-hybridized carbons (Fsp3) is 0.0968. The highest BCUT2D eigenvalue weighted by Gasteiger charge is 2.37. The highest BCUT2D eigenvalue weighted by Crippen LogP contribution is 2.37. The van der Waals surface area contributed by atoms with Crippen LogP contribution in [-0.2, 0) is 0 Å². The van der Waals surface area contributed by atoms with Gasteiger partial charge in [0.2, 0.25) is 5.89 Å². The molecule has 0 fully saturated rings. The Bertz CT molecular complexity index is 1830. The number of benzene rings is 4. The fourth-order valence-electron chi connectivity index (χ4n) is 4.73. The Labute approximate surface area is 233 Å². The van der Waals surface area contributed by atoms with Gasteiger partial charge in [-0.25, -0.2) is 14.7 Å². The minimum Gasteiger partial charge on any atom is -0.478 e. The molecule has 2 heterocycles. The number of anilines is 2. The fourth-order valence-corrected chi connectivity index (χ4v) is 4.86. The Balaban J connectivity index is 1.41. The maximum Gasteiger partial charge on any atom is 0.335 e. The predicted molar refractivity (Wildman–Crippen MR) is 153 cm³/mol. The Morgan fingerprint density at radius 1 is 0.900 bits per heavy atom. The van der Waals surface area contributed by atoms with Gasteiger partial charge in [0, 0.05) is 17.3 Å². The highest BCUT2D eigenvalue weighted by atomic mass is 35.5. The second kappa shape index (κ2) is 9.98. The summed E-state index contributed by atoms with van der Waals surface area (Å²) in [5, 5.41) is 13.3. The van der Waals surface area contributed by atoms with E-state index in [0.29, 0.717) is 39.8 Å². The van der Waals surface area contributed by atoms with Crippen molar-refractivity contribution in [1.82, 2.24) is 4.98 Å². The molecule has 6 rings (SSSR count). The van der Waals surface area contributed by atoms with Crippen LogP contribution in [0.1, 0.15) is 44.4 Å². The summed E-state index contributed by atoms with van der Waals surface area (Å²) in [6.07, 6.45) is 0.878. The predicted octanol–water partition coefficient (Wildman–Crippen LogP) is 7.14. The van der Waals surface area contributed by atoms with Crippen LogP contribution in [0, 0.1) is 0 Å². The summed E-state index contributed by atoms with van der Waals surface area (Å²) in [6.45, 7) is 2.74. The van der Waals surface area contributed by atoms with Crippen LogP contribution in [0.5, 0.6) is 0 Å². The molecule has 0 radical (unpaired) electrons. The van der Waals surface area contributed by atoms with Gasteiger partial charge >= 0.3 is 5.97 Å². The van der Waals surface area contributed by atoms with Crippen LogP contribution in [0.4, 0.5) is 11.4 Å². The average Bonchev–Trinajstić information content (AvgIpc) is 3.50. The first kappa shape index (κ1) is 25.3. The summed E-state index contributed by atoms with van der Waals surface area (Å²) >= 11 is 6.04. The first-order valence-electron chi connectivity index (χ1n) is 12.6. The van der Waals surface area contributed by atoms with Crippen molar-refractivity contribution in [2.24, 2.45) is 0 Å². The topological polar surface area (TPSA) is 113 Å². The molecule has 9 heteroatoms. The van der Waals surface area contributed by atoms with Crippen molar-refractivity contribution in [2.75, 3.05) is 16.8 Å². The summed E-state index contributed by atoms with van der Waals surface area (Å²) in [6, 6.07) is 22.3. The highest BCUT2D eigenvalue weighted by molar-refractivity contribution is 6.35. The quantitative estimate of drug-likeness (QED) is 0.207. The van der Waals surface area contributed by atoms with Crippen molar-refractivity contribution in [1.29, 1.82) is 0 Å². The number of carboxylic acid groups (broad SMARTS) is 1. The van der Waals surface area contributed by atoms with Gasteiger partial charge in [0.25, 0.3) is 11.8 Å². The number of aromatic carboxylic acids is 1. The minimum atomic E-state index is -1.18. The molecule has 2 amide bonds. The number of fused-ring (bicyclic) bond motifs is 2. The number of hydrogen-bond acceptors (Lipinski definition) is 6. The van der Waals surface area contributed by atoms with Gasteiger partial charge in [-0.3, -0.25) is 9.59 Å². The Morgan fingerprint density at radius 2 is 1.65 bits per heavy atom. The maximum absolute atomic E-state index is 13.3. The number of halogens is 1. The lowest BCUT2D eigenvalue weighted by molar-refractivity contribution is 0.0696. The largest absolute Gasteiger partial charge is 0.478 e. The molecule has 2 N–H and O–H groups in total. The zero-order valence-electron chi connectivity index (χ0n) is 21.3. The third-order valence-electron chi connectivity index (χ3n) is 6.76. The van der Waals surface area contributed by atoms with Crippen LogP contribution in [0.3, 0.4) is 0 Å². The molecule has 8 nitrogen and oxygen atoms in total. The van der Waals surface area contributed by atoms with Crippen LogP contribution in [0.15, 0.2) is 83.3 Å². The van der Waals surface area contributed by atoms with Crippen molar-refractivity contribution in [2.45, 2.75) is 13.3 Å². The van der Waals surface area contributed by atoms with E-state index in [-0.39, 0.29) is 16.7 Å². The molecular weight excluding hydrogens is 530 g/mol. The lowest BCUT2D eigenvalue weighted by atomic mass is 10.1. The Morgan fingerprint density at radius 3 is 2.40 bits per heavy atom. The number of amides is 2. The van der Waals surface area contributed by atoms with Crippen LogP contribution in [0.2, 0.25) is 5.02 Å². The number of hydrogen-bond donors (Lipinski definition) is 2. The second-order valence-electron chi connectivity index (χ2n) is 9.38. The first-order valence-corrected chi connectivity index (χ1v) is 13.0. The third-order valence-corrected chi connectivity index (χ3v) is 7.01. The number of nitrogens with one attached hydrogen (secondary N) is 1. The zero-order valence-corrected chi connectivity index (χ0v) is 22.0. The molecule has 0 spiro atoms. The molecule has 5 aromatic rings. The number of carbonyl (C=O) groups is 3. The smallest absolute Gasteiger partial charge is 0.335 e. The third kappa shape index (κ3) is 4.38. The number of carboxylic acids is 1. The average molecular weight is 552 g/mol. The van der Waals surface area contributed by atoms with E-state index >= 15 is 0 Å². The number of oxazole rings is 1. The Hall–Kier alpha value is -4.95. The van der Waals surface area contributed by atoms with Gasteiger partial charge in [-0.1, -0.05) is 36.7 Å². The standard InChI is InChI=1S/C31H22ClN3O5/c1-2-13-33-25-11-9-21(35-29(36)22-10-5-19(31(38)39)14-23(22)30(35)37)16-24(25)28-34-26-15-18(6-12-27(26)40-28)17-3-7-20(32)8-4-17/h3-12,14-16,33H,2,13H2,1H3,(H,38,39). The summed E-state index contributed by atoms with van der Waals surface area (Å²) < 4.78 is 6.13.